The average molecular weight is 254 g/mol. The standard InChI is InChI=1S/C12H10N6O/c1-2-17-6-8-10(15-17)13-7-18-12(8)14-11(16-18)9-4-3-5-19-9/h3-7H,2H2,1H3. The molecule has 4 aromatic heterocycles. The summed E-state index contributed by atoms with van der Waals surface area (Å²) < 4.78 is 8.78. The topological polar surface area (TPSA) is 74.0 Å². The van der Waals surface area contributed by atoms with Crippen molar-refractivity contribution in [1.29, 1.82) is 0 Å². The first-order valence-electron chi connectivity index (χ1n) is 5.97. The van der Waals surface area contributed by atoms with Crippen molar-refractivity contribution >= 4 is 16.7 Å². The van der Waals surface area contributed by atoms with E-state index in [1.54, 1.807) is 17.1 Å². The van der Waals surface area contributed by atoms with Crippen LogP contribution in [0, 0.1) is 0 Å². The van der Waals surface area contributed by atoms with Gasteiger partial charge in [0.2, 0.25) is 5.82 Å². The predicted octanol–water partition coefficient (Wildman–Crippen LogP) is 1.75. The minimum Gasteiger partial charge on any atom is -0.461 e. The fourth-order valence-electron chi connectivity index (χ4n) is 2.03. The number of hydrogen-bond acceptors (Lipinski definition) is 5. The van der Waals surface area contributed by atoms with Crippen LogP contribution >= 0.6 is 0 Å². The van der Waals surface area contributed by atoms with Crippen molar-refractivity contribution in [3.8, 4) is 11.6 Å². The number of aryl methyl sites for hydroxylation is 1. The third-order valence-electron chi connectivity index (χ3n) is 2.97. The molecule has 0 bridgehead atoms. The molecule has 0 fully saturated rings. The maximum atomic E-state index is 5.31. The molecule has 7 heteroatoms. The summed E-state index contributed by atoms with van der Waals surface area (Å²) in [6, 6.07) is 3.64. The van der Waals surface area contributed by atoms with Crippen LogP contribution in [0.3, 0.4) is 0 Å². The molecular formula is C12H10N6O. The van der Waals surface area contributed by atoms with E-state index >= 15 is 0 Å². The Bertz CT molecular complexity index is 857. The summed E-state index contributed by atoms with van der Waals surface area (Å²) in [7, 11) is 0. The van der Waals surface area contributed by atoms with Crippen LogP contribution in [0.2, 0.25) is 0 Å². The second kappa shape index (κ2) is 3.64. The molecule has 0 saturated carbocycles. The van der Waals surface area contributed by atoms with E-state index in [0.29, 0.717) is 17.2 Å². The van der Waals surface area contributed by atoms with Crippen molar-refractivity contribution in [3.63, 3.8) is 0 Å². The lowest BCUT2D eigenvalue weighted by Crippen LogP contribution is -1.93. The van der Waals surface area contributed by atoms with Crippen molar-refractivity contribution in [1.82, 2.24) is 29.4 Å². The molecule has 0 radical (unpaired) electrons. The summed E-state index contributed by atoms with van der Waals surface area (Å²) in [6.07, 6.45) is 5.15. The van der Waals surface area contributed by atoms with E-state index in [9.17, 15) is 0 Å². The Morgan fingerprint density at radius 1 is 1.32 bits per heavy atom. The molecule has 7 nitrogen and oxygen atoms in total. The van der Waals surface area contributed by atoms with E-state index in [2.05, 4.69) is 20.2 Å². The molecule has 0 unspecified atom stereocenters. The van der Waals surface area contributed by atoms with Crippen LogP contribution in [-0.2, 0) is 6.54 Å². The monoisotopic (exact) mass is 254 g/mol. The van der Waals surface area contributed by atoms with E-state index in [0.717, 1.165) is 17.6 Å². The maximum Gasteiger partial charge on any atom is 0.217 e. The summed E-state index contributed by atoms with van der Waals surface area (Å²) in [4.78, 5) is 8.77. The van der Waals surface area contributed by atoms with Crippen molar-refractivity contribution in [2.24, 2.45) is 0 Å². The Balaban J connectivity index is 2.02. The van der Waals surface area contributed by atoms with Gasteiger partial charge in [0.1, 0.15) is 6.33 Å². The lowest BCUT2D eigenvalue weighted by Gasteiger charge is -1.88. The van der Waals surface area contributed by atoms with Gasteiger partial charge in [-0.3, -0.25) is 4.68 Å². The van der Waals surface area contributed by atoms with E-state index < -0.39 is 0 Å². The van der Waals surface area contributed by atoms with Crippen LogP contribution in [0.25, 0.3) is 28.3 Å². The van der Waals surface area contributed by atoms with Crippen LogP contribution in [0.5, 0.6) is 0 Å². The smallest absolute Gasteiger partial charge is 0.217 e. The molecule has 0 saturated heterocycles. The molecule has 4 heterocycles. The van der Waals surface area contributed by atoms with Crippen molar-refractivity contribution < 1.29 is 4.42 Å². The van der Waals surface area contributed by atoms with Gasteiger partial charge in [0.15, 0.2) is 17.1 Å². The van der Waals surface area contributed by atoms with Crippen LogP contribution in [0.15, 0.2) is 35.3 Å². The summed E-state index contributed by atoms with van der Waals surface area (Å²) >= 11 is 0. The number of aromatic nitrogens is 6. The van der Waals surface area contributed by atoms with Gasteiger partial charge in [-0.15, -0.1) is 5.10 Å². The first-order chi connectivity index (χ1) is 9.35. The van der Waals surface area contributed by atoms with E-state index in [1.165, 1.54) is 0 Å². The summed E-state index contributed by atoms with van der Waals surface area (Å²) in [5.41, 5.74) is 1.41. The Kier molecular flexibility index (Phi) is 1.96. The molecule has 19 heavy (non-hydrogen) atoms. The van der Waals surface area contributed by atoms with Crippen LogP contribution in [0.1, 0.15) is 6.92 Å². The zero-order valence-corrected chi connectivity index (χ0v) is 10.2. The number of fused-ring (bicyclic) bond motifs is 3. The van der Waals surface area contributed by atoms with Crippen LogP contribution in [-0.4, -0.2) is 29.4 Å². The molecular weight excluding hydrogens is 244 g/mol. The van der Waals surface area contributed by atoms with Gasteiger partial charge in [-0.05, 0) is 19.1 Å². The normalized spacial score (nSPS) is 11.6. The number of furan rings is 1. The molecule has 0 aliphatic heterocycles. The molecule has 0 aromatic carbocycles. The number of nitrogens with zero attached hydrogens (tertiary/aromatic N) is 6. The molecule has 0 atom stereocenters. The molecule has 0 aliphatic carbocycles. The summed E-state index contributed by atoms with van der Waals surface area (Å²) in [5, 5.41) is 9.59. The highest BCUT2D eigenvalue weighted by Gasteiger charge is 2.13. The largest absolute Gasteiger partial charge is 0.461 e. The Hall–Kier alpha value is -2.70. The molecule has 0 N–H and O–H groups in total. The molecule has 94 valence electrons. The second-order valence-corrected chi connectivity index (χ2v) is 4.15. The van der Waals surface area contributed by atoms with Gasteiger partial charge < -0.3 is 4.42 Å². The highest BCUT2D eigenvalue weighted by atomic mass is 16.3. The molecule has 0 aliphatic rings. The van der Waals surface area contributed by atoms with Crippen molar-refractivity contribution in [3.05, 3.63) is 30.9 Å². The highest BCUT2D eigenvalue weighted by Crippen LogP contribution is 2.20. The molecule has 4 rings (SSSR count). The van der Waals surface area contributed by atoms with Gasteiger partial charge in [-0.25, -0.2) is 14.5 Å². The molecule has 0 amide bonds. The van der Waals surface area contributed by atoms with Gasteiger partial charge in [-0.2, -0.15) is 5.10 Å². The van der Waals surface area contributed by atoms with Crippen molar-refractivity contribution in [2.45, 2.75) is 13.5 Å². The first kappa shape index (κ1) is 10.2. The minimum atomic E-state index is 0.545. The Labute approximate surface area is 107 Å². The predicted molar refractivity (Wildman–Crippen MR) is 67.4 cm³/mol. The van der Waals surface area contributed by atoms with Crippen molar-refractivity contribution in [2.75, 3.05) is 0 Å². The van der Waals surface area contributed by atoms with E-state index in [4.69, 9.17) is 4.42 Å². The molecule has 4 aromatic rings. The average Bonchev–Trinajstić information content (AvgIpc) is 3.15. The third kappa shape index (κ3) is 1.44. The lowest BCUT2D eigenvalue weighted by molar-refractivity contribution is 0.577. The van der Waals surface area contributed by atoms with Crippen LogP contribution < -0.4 is 0 Å². The SMILES string of the molecule is CCn1cc2c(ncn3nc(-c4ccco4)nc23)n1. The van der Waals surface area contributed by atoms with Gasteiger partial charge in [0.25, 0.3) is 0 Å². The molecule has 0 spiro atoms. The second-order valence-electron chi connectivity index (χ2n) is 4.15. The zero-order valence-electron chi connectivity index (χ0n) is 10.2. The Morgan fingerprint density at radius 2 is 2.26 bits per heavy atom. The van der Waals surface area contributed by atoms with Crippen LogP contribution in [0.4, 0.5) is 0 Å². The lowest BCUT2D eigenvalue weighted by atomic mass is 10.4. The van der Waals surface area contributed by atoms with Gasteiger partial charge in [-0.1, -0.05) is 0 Å². The number of hydrogen-bond donors (Lipinski definition) is 0. The fourth-order valence-corrected chi connectivity index (χ4v) is 2.03. The van der Waals surface area contributed by atoms with E-state index in [-0.39, 0.29) is 0 Å². The highest BCUT2D eigenvalue weighted by molar-refractivity contribution is 5.88. The first-order valence-corrected chi connectivity index (χ1v) is 5.97. The third-order valence-corrected chi connectivity index (χ3v) is 2.97. The van der Waals surface area contributed by atoms with Gasteiger partial charge in [0, 0.05) is 12.7 Å². The summed E-state index contributed by atoms with van der Waals surface area (Å²) in [6.45, 7) is 2.82. The zero-order chi connectivity index (χ0) is 12.8. The quantitative estimate of drug-likeness (QED) is 0.545. The maximum absolute atomic E-state index is 5.31. The van der Waals surface area contributed by atoms with E-state index in [1.807, 2.05) is 29.9 Å². The van der Waals surface area contributed by atoms with Gasteiger partial charge >= 0.3 is 0 Å². The minimum absolute atomic E-state index is 0.545. The Morgan fingerprint density at radius 3 is 3.05 bits per heavy atom. The van der Waals surface area contributed by atoms with Gasteiger partial charge in [0.05, 0.1) is 11.6 Å². The summed E-state index contributed by atoms with van der Waals surface area (Å²) in [5.74, 6) is 1.18. The fraction of sp³-hybridized carbons (Fsp3) is 0.167. The number of rotatable bonds is 2.